The van der Waals surface area contributed by atoms with Crippen molar-refractivity contribution in [2.75, 3.05) is 24.6 Å². The number of amides is 4. The molecule has 2 aliphatic heterocycles. The van der Waals surface area contributed by atoms with E-state index in [1.165, 1.54) is 17.2 Å². The normalized spacial score (nSPS) is 22.2. The Labute approximate surface area is 232 Å². The Hall–Kier alpha value is -4.27. The summed E-state index contributed by atoms with van der Waals surface area (Å²) >= 11 is 0.938. The van der Waals surface area contributed by atoms with Gasteiger partial charge in [-0.1, -0.05) is 0 Å². The van der Waals surface area contributed by atoms with Crippen molar-refractivity contribution in [3.63, 3.8) is 0 Å². The highest BCUT2D eigenvalue weighted by Crippen LogP contribution is 2.23. The molecule has 4 heterocycles. The minimum Gasteiger partial charge on any atom is -0.480 e. The number of aromatic nitrogens is 1. The molecular formula is C25H29N5O9S. The van der Waals surface area contributed by atoms with Crippen LogP contribution in [0.3, 0.4) is 0 Å². The van der Waals surface area contributed by atoms with Gasteiger partial charge in [-0.25, -0.2) is 9.59 Å². The summed E-state index contributed by atoms with van der Waals surface area (Å²) in [6, 6.07) is 2.90. The zero-order valence-corrected chi connectivity index (χ0v) is 22.3. The maximum atomic E-state index is 12.9. The molecule has 214 valence electrons. The van der Waals surface area contributed by atoms with E-state index in [1.807, 2.05) is 0 Å². The Morgan fingerprint density at radius 3 is 1.88 bits per heavy atom. The summed E-state index contributed by atoms with van der Waals surface area (Å²) in [7, 11) is 1.70. The Kier molecular flexibility index (Phi) is 8.82. The summed E-state index contributed by atoms with van der Waals surface area (Å²) in [5, 5.41) is 24.7. The zero-order valence-electron chi connectivity index (χ0n) is 21.5. The number of hydrogen-bond donors (Lipinski definition) is 4. The van der Waals surface area contributed by atoms with Gasteiger partial charge >= 0.3 is 11.9 Å². The monoisotopic (exact) mass is 575 g/mol. The molecule has 2 aromatic rings. The molecule has 2 aliphatic rings. The van der Waals surface area contributed by atoms with Crippen LogP contribution in [0.2, 0.25) is 0 Å². The summed E-state index contributed by atoms with van der Waals surface area (Å²) in [6.07, 6.45) is 3.09. The molecule has 2 saturated heterocycles. The van der Waals surface area contributed by atoms with E-state index in [0.29, 0.717) is 5.69 Å². The molecule has 0 saturated carbocycles. The maximum absolute atomic E-state index is 12.9. The predicted molar refractivity (Wildman–Crippen MR) is 139 cm³/mol. The largest absolute Gasteiger partial charge is 0.480 e. The van der Waals surface area contributed by atoms with Crippen LogP contribution in [0, 0.1) is 0 Å². The Balaban J connectivity index is 1.29. The Morgan fingerprint density at radius 1 is 0.875 bits per heavy atom. The highest BCUT2D eigenvalue weighted by Gasteiger charge is 2.42. The van der Waals surface area contributed by atoms with E-state index >= 15 is 0 Å². The fourth-order valence-electron chi connectivity index (χ4n) is 4.91. The lowest BCUT2D eigenvalue weighted by molar-refractivity contribution is -0.147. The van der Waals surface area contributed by atoms with Crippen LogP contribution in [-0.4, -0.2) is 109 Å². The molecule has 4 amide bonds. The lowest BCUT2D eigenvalue weighted by atomic mass is 10.1. The van der Waals surface area contributed by atoms with Gasteiger partial charge in [0, 0.05) is 51.3 Å². The summed E-state index contributed by atoms with van der Waals surface area (Å²) in [6.45, 7) is -0.0166. The second-order valence-corrected chi connectivity index (χ2v) is 10.6. The summed E-state index contributed by atoms with van der Waals surface area (Å²) in [4.78, 5) is 76.4. The first-order valence-corrected chi connectivity index (χ1v) is 13.6. The van der Waals surface area contributed by atoms with E-state index < -0.39 is 53.8 Å². The van der Waals surface area contributed by atoms with Crippen molar-refractivity contribution >= 4 is 47.3 Å². The first kappa shape index (κ1) is 28.7. The number of thioether (sulfide) groups is 1. The van der Waals surface area contributed by atoms with Crippen LogP contribution in [0.1, 0.15) is 33.9 Å². The van der Waals surface area contributed by atoms with Crippen LogP contribution in [0.4, 0.5) is 0 Å². The zero-order chi connectivity index (χ0) is 29.0. The number of nitrogens with one attached hydrogen (secondary N) is 2. The van der Waals surface area contributed by atoms with Gasteiger partial charge in [0.2, 0.25) is 11.8 Å². The number of aryl methyl sites for hydroxylation is 1. The fraction of sp³-hybridized carbons (Fsp3) is 0.440. The van der Waals surface area contributed by atoms with E-state index in [0.717, 1.165) is 16.7 Å². The van der Waals surface area contributed by atoms with Crippen molar-refractivity contribution in [1.29, 1.82) is 0 Å². The number of carbonyl (C=O) groups is 6. The van der Waals surface area contributed by atoms with E-state index in [4.69, 9.17) is 4.42 Å². The molecule has 15 heteroatoms. The van der Waals surface area contributed by atoms with Crippen LogP contribution in [0.15, 0.2) is 41.1 Å². The van der Waals surface area contributed by atoms with Gasteiger partial charge in [-0.3, -0.25) is 19.2 Å². The van der Waals surface area contributed by atoms with Crippen molar-refractivity contribution in [1.82, 2.24) is 25.0 Å². The molecule has 0 spiro atoms. The molecule has 4 rings (SSSR count). The van der Waals surface area contributed by atoms with Crippen molar-refractivity contribution in [2.24, 2.45) is 7.05 Å². The van der Waals surface area contributed by atoms with Crippen LogP contribution >= 0.6 is 11.8 Å². The standard InChI is InChI=1S/C25H29N5O9S/c1-28-6-2-4-16(28)22(33)26-14-8-17(24(35)36)29(10-14)20(31)12-40-13-21(32)30-11-15(9-18(30)25(37)38)27-23(34)19-5-3-7-39-19/h2-7,14-15,17-18H,8-13H2,1H3,(H,26,33)(H,27,34)(H,35,36)(H,37,38)/t14-,15-,17-,18-/m0/s1. The minimum absolute atomic E-state index is 0.00469. The van der Waals surface area contributed by atoms with Gasteiger partial charge in [0.05, 0.1) is 17.8 Å². The van der Waals surface area contributed by atoms with Gasteiger partial charge in [-0.2, -0.15) is 0 Å². The maximum Gasteiger partial charge on any atom is 0.326 e. The third kappa shape index (κ3) is 6.47. The van der Waals surface area contributed by atoms with Gasteiger partial charge in [-0.05, 0) is 24.3 Å². The molecular weight excluding hydrogens is 546 g/mol. The SMILES string of the molecule is Cn1cccc1C(=O)N[C@H]1C[C@@H](C(=O)O)N(C(=O)CSCC(=O)N2C[C@@H](NC(=O)c3ccco3)C[C@H]2C(=O)O)C1. The van der Waals surface area contributed by atoms with E-state index in [9.17, 15) is 39.0 Å². The summed E-state index contributed by atoms with van der Waals surface area (Å²) in [5.74, 6) is -4.72. The summed E-state index contributed by atoms with van der Waals surface area (Å²) < 4.78 is 6.66. The van der Waals surface area contributed by atoms with Crippen LogP contribution in [0.25, 0.3) is 0 Å². The van der Waals surface area contributed by atoms with Crippen molar-refractivity contribution in [2.45, 2.75) is 37.0 Å². The quantitative estimate of drug-likeness (QED) is 0.290. The third-order valence-electron chi connectivity index (χ3n) is 6.86. The molecule has 0 bridgehead atoms. The topological polar surface area (TPSA) is 191 Å². The third-order valence-corrected chi connectivity index (χ3v) is 7.76. The first-order chi connectivity index (χ1) is 19.0. The molecule has 0 radical (unpaired) electrons. The number of hydrogen-bond acceptors (Lipinski definition) is 8. The lowest BCUT2D eigenvalue weighted by Gasteiger charge is -2.23. The molecule has 0 aliphatic carbocycles. The number of carbonyl (C=O) groups excluding carboxylic acids is 4. The van der Waals surface area contributed by atoms with E-state index in [-0.39, 0.29) is 49.1 Å². The van der Waals surface area contributed by atoms with Gasteiger partial charge in [0.15, 0.2) is 5.76 Å². The molecule has 40 heavy (non-hydrogen) atoms. The Morgan fingerprint density at radius 2 is 1.43 bits per heavy atom. The average molecular weight is 576 g/mol. The molecule has 14 nitrogen and oxygen atoms in total. The molecule has 2 fully saturated rings. The minimum atomic E-state index is -1.21. The fourth-order valence-corrected chi connectivity index (χ4v) is 5.70. The van der Waals surface area contributed by atoms with Gasteiger partial charge in [0.25, 0.3) is 11.8 Å². The van der Waals surface area contributed by atoms with Gasteiger partial charge < -0.3 is 39.6 Å². The molecule has 4 N–H and O–H groups in total. The summed E-state index contributed by atoms with van der Waals surface area (Å²) in [5.41, 5.74) is 0.398. The number of carboxylic acid groups (broad SMARTS) is 2. The van der Waals surface area contributed by atoms with Crippen molar-refractivity contribution in [3.8, 4) is 0 Å². The average Bonchev–Trinajstić information content (AvgIpc) is 3.69. The van der Waals surface area contributed by atoms with Gasteiger partial charge in [-0.15, -0.1) is 11.8 Å². The lowest BCUT2D eigenvalue weighted by Crippen LogP contribution is -2.43. The van der Waals surface area contributed by atoms with Crippen LogP contribution in [0.5, 0.6) is 0 Å². The number of carboxylic acids is 2. The number of nitrogens with zero attached hydrogens (tertiary/aromatic N) is 3. The highest BCUT2D eigenvalue weighted by molar-refractivity contribution is 8.00. The van der Waals surface area contributed by atoms with E-state index in [1.54, 1.807) is 36.0 Å². The second-order valence-electron chi connectivity index (χ2n) is 9.59. The number of furan rings is 1. The number of aliphatic carboxylic acids is 2. The van der Waals surface area contributed by atoms with Crippen molar-refractivity contribution < 1.29 is 43.4 Å². The van der Waals surface area contributed by atoms with Crippen molar-refractivity contribution in [3.05, 3.63) is 48.2 Å². The smallest absolute Gasteiger partial charge is 0.326 e. The van der Waals surface area contributed by atoms with Gasteiger partial charge in [0.1, 0.15) is 17.8 Å². The highest BCUT2D eigenvalue weighted by atomic mass is 32.2. The molecule has 2 aromatic heterocycles. The Bertz CT molecular complexity index is 1290. The molecule has 0 unspecified atom stereocenters. The number of rotatable bonds is 10. The van der Waals surface area contributed by atoms with Crippen LogP contribution in [-0.2, 0) is 26.2 Å². The van der Waals surface area contributed by atoms with Crippen LogP contribution < -0.4 is 10.6 Å². The predicted octanol–water partition coefficient (Wildman–Crippen LogP) is -0.381. The van der Waals surface area contributed by atoms with E-state index in [2.05, 4.69) is 10.6 Å². The second kappa shape index (κ2) is 12.3. The molecule has 0 aromatic carbocycles. The molecule has 4 atom stereocenters. The number of likely N-dealkylation sites (tertiary alicyclic amines) is 2. The first-order valence-electron chi connectivity index (χ1n) is 12.4.